The second kappa shape index (κ2) is 7.44. The lowest BCUT2D eigenvalue weighted by molar-refractivity contribution is 0.199. The van der Waals surface area contributed by atoms with Crippen LogP contribution in [0.25, 0.3) is 0 Å². The van der Waals surface area contributed by atoms with E-state index in [1.54, 1.807) is 5.56 Å². The fourth-order valence-corrected chi connectivity index (χ4v) is 3.23. The SMILES string of the molecule is CCCN(Cc1cccc(C2CC2)c1)C1CCNC1.Cl. The third kappa shape index (κ3) is 3.97. The molecule has 20 heavy (non-hydrogen) atoms. The first-order valence-corrected chi connectivity index (χ1v) is 7.90. The van der Waals surface area contributed by atoms with Crippen LogP contribution in [0.2, 0.25) is 0 Å². The van der Waals surface area contributed by atoms with Crippen LogP contribution in [-0.2, 0) is 6.54 Å². The number of hydrogen-bond donors (Lipinski definition) is 1. The smallest absolute Gasteiger partial charge is 0.0237 e. The maximum atomic E-state index is 3.49. The van der Waals surface area contributed by atoms with E-state index in [-0.39, 0.29) is 12.4 Å². The van der Waals surface area contributed by atoms with Crippen molar-refractivity contribution in [1.29, 1.82) is 0 Å². The highest BCUT2D eigenvalue weighted by atomic mass is 35.5. The number of hydrogen-bond acceptors (Lipinski definition) is 2. The lowest BCUT2D eigenvalue weighted by Gasteiger charge is -2.28. The Balaban J connectivity index is 0.00000147. The second-order valence-corrected chi connectivity index (χ2v) is 6.14. The van der Waals surface area contributed by atoms with Gasteiger partial charge in [0.25, 0.3) is 0 Å². The van der Waals surface area contributed by atoms with Gasteiger partial charge in [-0.25, -0.2) is 0 Å². The van der Waals surface area contributed by atoms with E-state index in [1.807, 2.05) is 0 Å². The van der Waals surface area contributed by atoms with Gasteiger partial charge in [0.1, 0.15) is 0 Å². The highest BCUT2D eigenvalue weighted by molar-refractivity contribution is 5.85. The molecule has 1 aliphatic heterocycles. The summed E-state index contributed by atoms with van der Waals surface area (Å²) in [5.41, 5.74) is 3.07. The number of nitrogens with zero attached hydrogens (tertiary/aromatic N) is 1. The summed E-state index contributed by atoms with van der Waals surface area (Å²) >= 11 is 0. The van der Waals surface area contributed by atoms with Gasteiger partial charge in [0.05, 0.1) is 0 Å². The molecular weight excluding hydrogens is 268 g/mol. The molecule has 0 spiro atoms. The van der Waals surface area contributed by atoms with Crippen LogP contribution in [0.1, 0.15) is 49.7 Å². The van der Waals surface area contributed by atoms with Crippen LogP contribution in [-0.4, -0.2) is 30.6 Å². The van der Waals surface area contributed by atoms with Gasteiger partial charge in [0.15, 0.2) is 0 Å². The molecule has 0 radical (unpaired) electrons. The Bertz CT molecular complexity index is 411. The zero-order valence-electron chi connectivity index (χ0n) is 12.5. The van der Waals surface area contributed by atoms with Crippen molar-refractivity contribution in [3.8, 4) is 0 Å². The maximum Gasteiger partial charge on any atom is 0.0237 e. The lowest BCUT2D eigenvalue weighted by Crippen LogP contribution is -2.36. The van der Waals surface area contributed by atoms with Crippen LogP contribution < -0.4 is 5.32 Å². The average molecular weight is 295 g/mol. The normalized spacial score (nSPS) is 22.0. The van der Waals surface area contributed by atoms with Crippen molar-refractivity contribution in [3.63, 3.8) is 0 Å². The van der Waals surface area contributed by atoms with E-state index in [0.717, 1.165) is 18.5 Å². The van der Waals surface area contributed by atoms with E-state index in [2.05, 4.69) is 41.4 Å². The Kier molecular flexibility index (Phi) is 5.88. The summed E-state index contributed by atoms with van der Waals surface area (Å²) in [6, 6.07) is 10.0. The zero-order valence-corrected chi connectivity index (χ0v) is 13.3. The van der Waals surface area contributed by atoms with Gasteiger partial charge in [-0.3, -0.25) is 4.90 Å². The molecule has 3 heteroatoms. The molecule has 1 N–H and O–H groups in total. The molecule has 1 atom stereocenters. The highest BCUT2D eigenvalue weighted by Crippen LogP contribution is 2.40. The highest BCUT2D eigenvalue weighted by Gasteiger charge is 2.24. The van der Waals surface area contributed by atoms with Gasteiger partial charge < -0.3 is 5.32 Å². The molecule has 2 aliphatic rings. The molecule has 3 rings (SSSR count). The number of nitrogens with one attached hydrogen (secondary N) is 1. The third-order valence-corrected chi connectivity index (χ3v) is 4.45. The molecule has 2 fully saturated rings. The Labute approximate surface area is 129 Å². The first-order valence-electron chi connectivity index (χ1n) is 7.90. The molecule has 1 saturated carbocycles. The van der Waals surface area contributed by atoms with E-state index in [9.17, 15) is 0 Å². The van der Waals surface area contributed by atoms with Crippen LogP contribution in [0.4, 0.5) is 0 Å². The largest absolute Gasteiger partial charge is 0.315 e. The summed E-state index contributed by atoms with van der Waals surface area (Å²) < 4.78 is 0. The summed E-state index contributed by atoms with van der Waals surface area (Å²) in [6.07, 6.45) is 5.35. The van der Waals surface area contributed by atoms with Crippen LogP contribution >= 0.6 is 12.4 Å². The molecule has 112 valence electrons. The summed E-state index contributed by atoms with van der Waals surface area (Å²) in [7, 11) is 0. The van der Waals surface area contributed by atoms with Gasteiger partial charge in [0, 0.05) is 19.1 Å². The minimum atomic E-state index is 0. The molecule has 0 bridgehead atoms. The van der Waals surface area contributed by atoms with Crippen molar-refractivity contribution in [2.75, 3.05) is 19.6 Å². The Morgan fingerprint density at radius 3 is 2.75 bits per heavy atom. The average Bonchev–Trinajstić information content (AvgIpc) is 3.14. The quantitative estimate of drug-likeness (QED) is 0.863. The molecule has 1 aromatic carbocycles. The van der Waals surface area contributed by atoms with Gasteiger partial charge in [-0.15, -0.1) is 12.4 Å². The molecule has 1 aromatic rings. The minimum Gasteiger partial charge on any atom is -0.315 e. The molecule has 1 saturated heterocycles. The van der Waals surface area contributed by atoms with Crippen LogP contribution in [0.3, 0.4) is 0 Å². The molecule has 1 aliphatic carbocycles. The standard InChI is InChI=1S/C17H26N2.ClH/c1-2-10-19(17-8-9-18-12-17)13-14-4-3-5-16(11-14)15-6-7-15;/h3-5,11,15,17-18H,2,6-10,12-13H2,1H3;1H. The van der Waals surface area contributed by atoms with Crippen LogP contribution in [0, 0.1) is 0 Å². The summed E-state index contributed by atoms with van der Waals surface area (Å²) in [4.78, 5) is 2.67. The van der Waals surface area contributed by atoms with Crippen molar-refractivity contribution in [2.45, 2.75) is 51.1 Å². The van der Waals surface area contributed by atoms with Crippen molar-refractivity contribution >= 4 is 12.4 Å². The fraction of sp³-hybridized carbons (Fsp3) is 0.647. The predicted molar refractivity (Wildman–Crippen MR) is 87.6 cm³/mol. The Morgan fingerprint density at radius 2 is 2.10 bits per heavy atom. The van der Waals surface area contributed by atoms with E-state index in [0.29, 0.717) is 0 Å². The van der Waals surface area contributed by atoms with E-state index in [1.165, 1.54) is 50.9 Å². The molecule has 0 amide bonds. The van der Waals surface area contributed by atoms with Crippen molar-refractivity contribution in [2.24, 2.45) is 0 Å². The third-order valence-electron chi connectivity index (χ3n) is 4.45. The number of halogens is 1. The first kappa shape index (κ1) is 15.8. The van der Waals surface area contributed by atoms with Gasteiger partial charge in [0.2, 0.25) is 0 Å². The monoisotopic (exact) mass is 294 g/mol. The molecule has 1 unspecified atom stereocenters. The summed E-state index contributed by atoms with van der Waals surface area (Å²) in [5, 5.41) is 3.49. The number of benzene rings is 1. The second-order valence-electron chi connectivity index (χ2n) is 6.14. The fourth-order valence-electron chi connectivity index (χ4n) is 3.23. The first-order chi connectivity index (χ1) is 9.36. The van der Waals surface area contributed by atoms with Crippen molar-refractivity contribution in [3.05, 3.63) is 35.4 Å². The lowest BCUT2D eigenvalue weighted by atomic mass is 10.1. The van der Waals surface area contributed by atoms with Crippen molar-refractivity contribution < 1.29 is 0 Å². The van der Waals surface area contributed by atoms with Gasteiger partial charge >= 0.3 is 0 Å². The Hall–Kier alpha value is -0.570. The van der Waals surface area contributed by atoms with E-state index in [4.69, 9.17) is 0 Å². The predicted octanol–water partition coefficient (Wildman–Crippen LogP) is 3.56. The van der Waals surface area contributed by atoms with E-state index < -0.39 is 0 Å². The molecule has 1 heterocycles. The molecular formula is C17H27ClN2. The summed E-state index contributed by atoms with van der Waals surface area (Å²) in [5.74, 6) is 0.868. The maximum absolute atomic E-state index is 3.49. The van der Waals surface area contributed by atoms with Crippen LogP contribution in [0.5, 0.6) is 0 Å². The topological polar surface area (TPSA) is 15.3 Å². The summed E-state index contributed by atoms with van der Waals surface area (Å²) in [6.45, 7) is 6.99. The minimum absolute atomic E-state index is 0. The van der Waals surface area contributed by atoms with E-state index >= 15 is 0 Å². The van der Waals surface area contributed by atoms with Crippen LogP contribution in [0.15, 0.2) is 24.3 Å². The molecule has 0 aromatic heterocycles. The van der Waals surface area contributed by atoms with Gasteiger partial charge in [-0.2, -0.15) is 0 Å². The van der Waals surface area contributed by atoms with Crippen molar-refractivity contribution in [1.82, 2.24) is 10.2 Å². The molecule has 2 nitrogen and oxygen atoms in total. The van der Waals surface area contributed by atoms with Gasteiger partial charge in [-0.05, 0) is 55.8 Å². The zero-order chi connectivity index (χ0) is 13.1. The Morgan fingerprint density at radius 1 is 1.25 bits per heavy atom. The number of rotatable bonds is 6. The van der Waals surface area contributed by atoms with Gasteiger partial charge in [-0.1, -0.05) is 31.2 Å².